The normalized spacial score (nSPS) is 21.0. The van der Waals surface area contributed by atoms with Crippen molar-refractivity contribution in [3.8, 4) is 22.5 Å². The molecule has 2 N–H and O–H groups in total. The number of hydrogen-bond donors (Lipinski definition) is 1. The van der Waals surface area contributed by atoms with Gasteiger partial charge in [-0.25, -0.2) is 27.8 Å². The van der Waals surface area contributed by atoms with Gasteiger partial charge in [-0.2, -0.15) is 0 Å². The van der Waals surface area contributed by atoms with Crippen LogP contribution in [-0.2, 0) is 11.2 Å². The van der Waals surface area contributed by atoms with Gasteiger partial charge in [0.05, 0.1) is 11.2 Å². The molecule has 1 saturated carbocycles. The van der Waals surface area contributed by atoms with Gasteiger partial charge in [0.25, 0.3) is 0 Å². The monoisotopic (exact) mass is 566 g/mol. The number of aromatic nitrogens is 4. The Kier molecular flexibility index (Phi) is 6.78. The van der Waals surface area contributed by atoms with Crippen LogP contribution in [0.5, 0.6) is 0 Å². The highest BCUT2D eigenvalue weighted by Crippen LogP contribution is 2.42. The smallest absolute Gasteiger partial charge is 0.172 e. The summed E-state index contributed by atoms with van der Waals surface area (Å²) in [5.74, 6) is 1.87. The van der Waals surface area contributed by atoms with Crippen molar-refractivity contribution in [3.63, 3.8) is 0 Å². The summed E-state index contributed by atoms with van der Waals surface area (Å²) in [6.07, 6.45) is 5.84. The molecule has 1 unspecified atom stereocenters. The second-order valence-corrected chi connectivity index (χ2v) is 12.9. The van der Waals surface area contributed by atoms with Crippen molar-refractivity contribution in [1.29, 1.82) is 0 Å². The largest absolute Gasteiger partial charge is 0.382 e. The third kappa shape index (κ3) is 4.80. The third-order valence-corrected chi connectivity index (χ3v) is 9.88. The van der Waals surface area contributed by atoms with Gasteiger partial charge in [0.2, 0.25) is 0 Å². The zero-order valence-corrected chi connectivity index (χ0v) is 24.2. The molecular formula is C31H34N8OS. The Hall–Kier alpha value is -3.70. The average Bonchev–Trinajstić information content (AvgIpc) is 3.36. The molecule has 10 heteroatoms. The first-order valence-electron chi connectivity index (χ1n) is 14.1. The minimum atomic E-state index is -1.06. The van der Waals surface area contributed by atoms with Gasteiger partial charge < -0.3 is 5.73 Å². The van der Waals surface area contributed by atoms with E-state index < -0.39 is 11.2 Å². The maximum absolute atomic E-state index is 12.4. The second kappa shape index (κ2) is 10.6. The van der Waals surface area contributed by atoms with Crippen LogP contribution < -0.4 is 5.73 Å². The predicted molar refractivity (Wildman–Crippen MR) is 164 cm³/mol. The zero-order chi connectivity index (χ0) is 28.1. The molecule has 1 atom stereocenters. The number of hydrogen-bond acceptors (Lipinski definition) is 6. The van der Waals surface area contributed by atoms with Crippen molar-refractivity contribution < 1.29 is 4.21 Å². The Morgan fingerprint density at radius 3 is 2.44 bits per heavy atom. The molecule has 0 amide bonds. The molecule has 0 radical (unpaired) electrons. The van der Waals surface area contributed by atoms with Crippen LogP contribution in [0.3, 0.4) is 0 Å². The maximum Gasteiger partial charge on any atom is 0.172 e. The summed E-state index contributed by atoms with van der Waals surface area (Å²) < 4.78 is 18.4. The SMILES string of the molecule is CN(C)S(=O)N1CCN(C2CC(c3nc(-c4ccc5ccc(-c6ccccc6)nc5c4)c4c(N)nccn34)C2)CC1. The van der Waals surface area contributed by atoms with E-state index in [2.05, 4.69) is 61.1 Å². The Balaban J connectivity index is 1.16. The number of fused-ring (bicyclic) bond motifs is 2. The van der Waals surface area contributed by atoms with Crippen LogP contribution in [0.1, 0.15) is 24.6 Å². The van der Waals surface area contributed by atoms with E-state index in [0.29, 0.717) is 17.8 Å². The van der Waals surface area contributed by atoms with Gasteiger partial charge in [-0.15, -0.1) is 0 Å². The first kappa shape index (κ1) is 26.2. The number of nitrogens with two attached hydrogens (primary N) is 1. The van der Waals surface area contributed by atoms with Crippen LogP contribution in [0, 0.1) is 0 Å². The number of piperazine rings is 1. The fourth-order valence-electron chi connectivity index (χ4n) is 6.16. The van der Waals surface area contributed by atoms with E-state index in [-0.39, 0.29) is 0 Å². The molecule has 9 nitrogen and oxygen atoms in total. The summed E-state index contributed by atoms with van der Waals surface area (Å²) in [5, 5.41) is 1.08. The summed E-state index contributed by atoms with van der Waals surface area (Å²) in [6.45, 7) is 3.53. The molecule has 0 spiro atoms. The molecule has 210 valence electrons. The summed E-state index contributed by atoms with van der Waals surface area (Å²) in [5.41, 5.74) is 12.1. The molecule has 2 aliphatic rings. The molecule has 1 saturated heterocycles. The highest BCUT2D eigenvalue weighted by Gasteiger charge is 2.39. The molecule has 0 bridgehead atoms. The van der Waals surface area contributed by atoms with Crippen LogP contribution >= 0.6 is 0 Å². The molecule has 2 fully saturated rings. The second-order valence-electron chi connectivity index (χ2n) is 11.1. The van der Waals surface area contributed by atoms with Gasteiger partial charge in [0.1, 0.15) is 22.9 Å². The van der Waals surface area contributed by atoms with Gasteiger partial charge in [-0.3, -0.25) is 9.30 Å². The standard InChI is InChI=1S/C31H34N8OS/c1-36(2)41(40)38-16-14-37(15-17-38)25-18-24(19-25)31-35-28(29-30(32)33-12-13-39(29)31)23-9-8-22-10-11-26(34-27(22)20-23)21-6-4-3-5-7-21/h3-13,20,24-25H,14-19H2,1-2H3,(H2,32,33). The van der Waals surface area contributed by atoms with Crippen LogP contribution in [0.4, 0.5) is 5.82 Å². The van der Waals surface area contributed by atoms with Gasteiger partial charge in [-0.1, -0.05) is 48.5 Å². The lowest BCUT2D eigenvalue weighted by molar-refractivity contribution is 0.0734. The molecular weight excluding hydrogens is 532 g/mol. The number of nitrogens with zero attached hydrogens (tertiary/aromatic N) is 7. The Morgan fingerprint density at radius 1 is 0.927 bits per heavy atom. The lowest BCUT2D eigenvalue weighted by Crippen LogP contribution is -2.55. The molecule has 3 aromatic heterocycles. The third-order valence-electron chi connectivity index (χ3n) is 8.45. The minimum absolute atomic E-state index is 0.347. The van der Waals surface area contributed by atoms with Gasteiger partial charge in [0.15, 0.2) is 11.2 Å². The molecule has 1 aliphatic heterocycles. The van der Waals surface area contributed by atoms with Crippen LogP contribution in [0.25, 0.3) is 38.9 Å². The lowest BCUT2D eigenvalue weighted by atomic mass is 9.78. The predicted octanol–water partition coefficient (Wildman–Crippen LogP) is 4.20. The van der Waals surface area contributed by atoms with Crippen molar-refractivity contribution in [1.82, 2.24) is 32.9 Å². The molecule has 2 aromatic carbocycles. The van der Waals surface area contributed by atoms with Crippen molar-refractivity contribution in [2.75, 3.05) is 46.0 Å². The fraction of sp³-hybridized carbons (Fsp3) is 0.323. The average molecular weight is 567 g/mol. The first-order chi connectivity index (χ1) is 20.0. The molecule has 4 heterocycles. The number of rotatable bonds is 6. The molecule has 5 aromatic rings. The van der Waals surface area contributed by atoms with E-state index >= 15 is 0 Å². The van der Waals surface area contributed by atoms with Gasteiger partial charge in [-0.05, 0) is 25.0 Å². The van der Waals surface area contributed by atoms with Crippen LogP contribution in [0.2, 0.25) is 0 Å². The zero-order valence-electron chi connectivity index (χ0n) is 23.3. The fourth-order valence-corrected chi connectivity index (χ4v) is 7.10. The summed E-state index contributed by atoms with van der Waals surface area (Å²) in [4.78, 5) is 17.1. The van der Waals surface area contributed by atoms with Crippen LogP contribution in [-0.4, -0.2) is 83.4 Å². The molecule has 41 heavy (non-hydrogen) atoms. The molecule has 1 aliphatic carbocycles. The van der Waals surface area contributed by atoms with Gasteiger partial charge in [0, 0.05) is 81.1 Å². The van der Waals surface area contributed by atoms with E-state index in [0.717, 1.165) is 83.8 Å². The maximum atomic E-state index is 12.4. The molecule has 7 rings (SSSR count). The Bertz CT molecular complexity index is 1740. The number of benzene rings is 2. The van der Waals surface area contributed by atoms with E-state index in [1.807, 2.05) is 38.5 Å². The van der Waals surface area contributed by atoms with Crippen LogP contribution in [0.15, 0.2) is 73.1 Å². The topological polar surface area (TPSA) is 95.9 Å². The summed E-state index contributed by atoms with van der Waals surface area (Å²) in [7, 11) is 3.72. The Morgan fingerprint density at radius 2 is 1.68 bits per heavy atom. The minimum Gasteiger partial charge on any atom is -0.382 e. The number of imidazole rings is 1. The highest BCUT2D eigenvalue weighted by molar-refractivity contribution is 7.80. The summed E-state index contributed by atoms with van der Waals surface area (Å²) >= 11 is -1.06. The van der Waals surface area contributed by atoms with E-state index in [1.54, 1.807) is 10.5 Å². The highest BCUT2D eigenvalue weighted by atomic mass is 32.2. The van der Waals surface area contributed by atoms with Crippen molar-refractivity contribution in [3.05, 3.63) is 78.9 Å². The summed E-state index contributed by atoms with van der Waals surface area (Å²) in [6, 6.07) is 21.3. The quantitative estimate of drug-likeness (QED) is 0.331. The van der Waals surface area contributed by atoms with Gasteiger partial charge >= 0.3 is 0 Å². The van der Waals surface area contributed by atoms with E-state index in [1.165, 1.54) is 0 Å². The van der Waals surface area contributed by atoms with E-state index in [4.69, 9.17) is 15.7 Å². The first-order valence-corrected chi connectivity index (χ1v) is 15.2. The lowest BCUT2D eigenvalue weighted by Gasteiger charge is -2.45. The number of anilines is 1. The number of pyridine rings is 1. The van der Waals surface area contributed by atoms with Crippen molar-refractivity contribution >= 4 is 33.4 Å². The number of nitrogen functional groups attached to an aromatic ring is 1. The van der Waals surface area contributed by atoms with Crippen molar-refractivity contribution in [2.24, 2.45) is 0 Å². The van der Waals surface area contributed by atoms with Crippen molar-refractivity contribution in [2.45, 2.75) is 24.8 Å². The Labute approximate surface area is 242 Å². The van der Waals surface area contributed by atoms with E-state index in [9.17, 15) is 4.21 Å².